The summed E-state index contributed by atoms with van der Waals surface area (Å²) in [6.07, 6.45) is 8.70. The molecule has 3 heterocycles. The van der Waals surface area contributed by atoms with Crippen molar-refractivity contribution in [2.24, 2.45) is 0 Å². The molecule has 34 heavy (non-hydrogen) atoms. The van der Waals surface area contributed by atoms with E-state index in [-0.39, 0.29) is 17.9 Å². The third kappa shape index (κ3) is 4.29. The lowest BCUT2D eigenvalue weighted by atomic mass is 9.93. The number of thiophene rings is 1. The van der Waals surface area contributed by atoms with Crippen molar-refractivity contribution in [1.29, 1.82) is 0 Å². The molecule has 1 fully saturated rings. The standard InChI is InChI=1S/C26H30N4O2S2/c1-26(25(32)27-18-9-5-3-4-6-10-18)17-29-22(16-21(28-29)23-13-8-14-34-23)24(31)30(26)19-11-7-12-20(15-19)33-2/h7-8,11-16,18H,3-6,9-10,17H2,1-2H3,(H,27,32). The Bertz CT molecular complexity index is 1180. The molecule has 1 saturated carbocycles. The number of nitrogens with zero attached hydrogens (tertiary/aromatic N) is 3. The minimum Gasteiger partial charge on any atom is -0.351 e. The zero-order chi connectivity index (χ0) is 23.7. The minimum absolute atomic E-state index is 0.110. The van der Waals surface area contributed by atoms with Crippen LogP contribution in [0.25, 0.3) is 10.6 Å². The number of aromatic nitrogens is 2. The lowest BCUT2D eigenvalue weighted by Gasteiger charge is -2.43. The second-order valence-corrected chi connectivity index (χ2v) is 11.2. The summed E-state index contributed by atoms with van der Waals surface area (Å²) in [4.78, 5) is 31.6. The molecule has 5 rings (SSSR count). The van der Waals surface area contributed by atoms with Crippen LogP contribution in [0.5, 0.6) is 0 Å². The average molecular weight is 495 g/mol. The molecule has 3 aromatic rings. The van der Waals surface area contributed by atoms with Crippen LogP contribution in [0.1, 0.15) is 55.9 Å². The van der Waals surface area contributed by atoms with Gasteiger partial charge in [0.25, 0.3) is 5.91 Å². The fourth-order valence-electron chi connectivity index (χ4n) is 5.04. The van der Waals surface area contributed by atoms with E-state index in [2.05, 4.69) is 5.32 Å². The summed E-state index contributed by atoms with van der Waals surface area (Å²) in [5.41, 5.74) is 0.925. The molecule has 1 aliphatic carbocycles. The minimum atomic E-state index is -1.09. The monoisotopic (exact) mass is 494 g/mol. The number of nitrogens with one attached hydrogen (secondary N) is 1. The highest BCUT2D eigenvalue weighted by atomic mass is 32.2. The Morgan fingerprint density at radius 1 is 1.15 bits per heavy atom. The number of carbonyl (C=O) groups is 2. The van der Waals surface area contributed by atoms with Gasteiger partial charge < -0.3 is 5.32 Å². The Labute approximate surface area is 208 Å². The maximum Gasteiger partial charge on any atom is 0.277 e. The molecule has 2 aromatic heterocycles. The lowest BCUT2D eigenvalue weighted by Crippen LogP contribution is -2.65. The first kappa shape index (κ1) is 23.2. The summed E-state index contributed by atoms with van der Waals surface area (Å²) in [5.74, 6) is -0.306. The molecule has 0 radical (unpaired) electrons. The van der Waals surface area contributed by atoms with Crippen LogP contribution in [-0.4, -0.2) is 39.4 Å². The molecule has 178 valence electrons. The van der Waals surface area contributed by atoms with Gasteiger partial charge in [0.15, 0.2) is 0 Å². The molecular weight excluding hydrogens is 464 g/mol. The van der Waals surface area contributed by atoms with E-state index in [4.69, 9.17) is 5.10 Å². The van der Waals surface area contributed by atoms with Crippen LogP contribution in [0.15, 0.2) is 52.7 Å². The average Bonchev–Trinajstić information content (AvgIpc) is 3.45. The van der Waals surface area contributed by atoms with E-state index in [1.165, 1.54) is 12.8 Å². The van der Waals surface area contributed by atoms with Crippen LogP contribution in [0.3, 0.4) is 0 Å². The van der Waals surface area contributed by atoms with Gasteiger partial charge in [-0.3, -0.25) is 19.2 Å². The smallest absolute Gasteiger partial charge is 0.277 e. The first-order chi connectivity index (χ1) is 16.5. The number of hydrogen-bond donors (Lipinski definition) is 1. The predicted octanol–water partition coefficient (Wildman–Crippen LogP) is 5.59. The van der Waals surface area contributed by atoms with Gasteiger partial charge in [0.2, 0.25) is 5.91 Å². The maximum atomic E-state index is 13.9. The third-order valence-electron chi connectivity index (χ3n) is 6.92. The van der Waals surface area contributed by atoms with Crippen molar-refractivity contribution >= 4 is 40.6 Å². The first-order valence-corrected chi connectivity index (χ1v) is 14.0. The molecule has 0 bridgehead atoms. The summed E-state index contributed by atoms with van der Waals surface area (Å²) in [7, 11) is 0. The lowest BCUT2D eigenvalue weighted by molar-refractivity contribution is -0.127. The van der Waals surface area contributed by atoms with E-state index in [1.54, 1.807) is 32.7 Å². The number of hydrogen-bond acceptors (Lipinski definition) is 5. The van der Waals surface area contributed by atoms with Gasteiger partial charge >= 0.3 is 0 Å². The summed E-state index contributed by atoms with van der Waals surface area (Å²) in [6, 6.07) is 13.9. The van der Waals surface area contributed by atoms with Gasteiger partial charge in [0.05, 0.1) is 11.4 Å². The van der Waals surface area contributed by atoms with Crippen LogP contribution in [0, 0.1) is 0 Å². The van der Waals surface area contributed by atoms with Gasteiger partial charge in [-0.2, -0.15) is 5.10 Å². The fraction of sp³-hybridized carbons (Fsp3) is 0.423. The fourth-order valence-corrected chi connectivity index (χ4v) is 6.18. The molecule has 1 unspecified atom stereocenters. The molecule has 2 aliphatic rings. The van der Waals surface area contributed by atoms with Gasteiger partial charge in [-0.1, -0.05) is 37.8 Å². The van der Waals surface area contributed by atoms with Crippen molar-refractivity contribution < 1.29 is 9.59 Å². The van der Waals surface area contributed by atoms with E-state index in [0.29, 0.717) is 12.2 Å². The van der Waals surface area contributed by atoms with Crippen molar-refractivity contribution in [1.82, 2.24) is 15.1 Å². The quantitative estimate of drug-likeness (QED) is 0.371. The number of fused-ring (bicyclic) bond motifs is 1. The van der Waals surface area contributed by atoms with E-state index in [9.17, 15) is 9.59 Å². The second kappa shape index (κ2) is 9.58. The Hall–Kier alpha value is -2.58. The van der Waals surface area contributed by atoms with Crippen LogP contribution in [-0.2, 0) is 11.3 Å². The van der Waals surface area contributed by atoms with Crippen LogP contribution >= 0.6 is 23.1 Å². The molecule has 8 heteroatoms. The molecule has 6 nitrogen and oxygen atoms in total. The van der Waals surface area contributed by atoms with E-state index < -0.39 is 5.54 Å². The highest BCUT2D eigenvalue weighted by Gasteiger charge is 2.49. The van der Waals surface area contributed by atoms with Crippen molar-refractivity contribution in [2.45, 2.75) is 68.5 Å². The van der Waals surface area contributed by atoms with Gasteiger partial charge in [-0.05, 0) is 61.7 Å². The molecular formula is C26H30N4O2S2. The van der Waals surface area contributed by atoms with Gasteiger partial charge in [-0.25, -0.2) is 0 Å². The predicted molar refractivity (Wildman–Crippen MR) is 139 cm³/mol. The van der Waals surface area contributed by atoms with Crippen LogP contribution < -0.4 is 10.2 Å². The van der Waals surface area contributed by atoms with Gasteiger partial charge in [0.1, 0.15) is 16.9 Å². The topological polar surface area (TPSA) is 67.2 Å². The number of rotatable bonds is 5. The highest BCUT2D eigenvalue weighted by Crippen LogP contribution is 2.36. The molecule has 0 saturated heterocycles. The molecule has 1 N–H and O–H groups in total. The van der Waals surface area contributed by atoms with Crippen LogP contribution in [0.4, 0.5) is 5.69 Å². The van der Waals surface area contributed by atoms with Gasteiger partial charge in [-0.15, -0.1) is 23.1 Å². The normalized spacial score (nSPS) is 21.2. The first-order valence-electron chi connectivity index (χ1n) is 11.9. The number of benzene rings is 1. The Morgan fingerprint density at radius 2 is 1.94 bits per heavy atom. The second-order valence-electron chi connectivity index (χ2n) is 9.33. The number of thioether (sulfide) groups is 1. The molecule has 1 aromatic carbocycles. The SMILES string of the molecule is CSc1cccc(N2C(=O)c3cc(-c4cccs4)nn3CC2(C)C(=O)NC2CCCCCC2)c1. The number of anilines is 1. The van der Waals surface area contributed by atoms with Crippen molar-refractivity contribution in [3.8, 4) is 10.6 Å². The van der Waals surface area contributed by atoms with E-state index in [0.717, 1.165) is 46.8 Å². The number of amides is 2. The van der Waals surface area contributed by atoms with Gasteiger partial charge in [0, 0.05) is 16.6 Å². The zero-order valence-electron chi connectivity index (χ0n) is 19.6. The maximum absolute atomic E-state index is 13.9. The van der Waals surface area contributed by atoms with Crippen molar-refractivity contribution in [3.63, 3.8) is 0 Å². The zero-order valence-corrected chi connectivity index (χ0v) is 21.3. The summed E-state index contributed by atoms with van der Waals surface area (Å²) in [6.45, 7) is 2.18. The Balaban J connectivity index is 1.55. The van der Waals surface area contributed by atoms with E-state index in [1.807, 2.05) is 61.0 Å². The molecule has 1 atom stereocenters. The molecule has 2 amide bonds. The van der Waals surface area contributed by atoms with E-state index >= 15 is 0 Å². The molecule has 0 spiro atoms. The van der Waals surface area contributed by atoms with Crippen molar-refractivity contribution in [2.75, 3.05) is 11.2 Å². The Kier molecular flexibility index (Phi) is 6.53. The Morgan fingerprint density at radius 3 is 2.65 bits per heavy atom. The summed E-state index contributed by atoms with van der Waals surface area (Å²) in [5, 5.41) is 10.0. The summed E-state index contributed by atoms with van der Waals surface area (Å²) >= 11 is 3.21. The third-order valence-corrected chi connectivity index (χ3v) is 8.54. The number of carbonyl (C=O) groups excluding carboxylic acids is 2. The van der Waals surface area contributed by atoms with Crippen molar-refractivity contribution in [3.05, 3.63) is 53.5 Å². The van der Waals surface area contributed by atoms with Crippen LogP contribution in [0.2, 0.25) is 0 Å². The molecule has 1 aliphatic heterocycles. The largest absolute Gasteiger partial charge is 0.351 e. The highest BCUT2D eigenvalue weighted by molar-refractivity contribution is 7.98. The summed E-state index contributed by atoms with van der Waals surface area (Å²) < 4.78 is 1.72.